The van der Waals surface area contributed by atoms with Gasteiger partial charge in [-0.05, 0) is 60.4 Å². The minimum Gasteiger partial charge on any atom is -0.493 e. The average Bonchev–Trinajstić information content (AvgIpc) is 2.72. The molecule has 4 heteroatoms. The Hall–Kier alpha value is -3.27. The minimum atomic E-state index is -0.276. The van der Waals surface area contributed by atoms with E-state index in [1.807, 2.05) is 30.3 Å². The van der Waals surface area contributed by atoms with Gasteiger partial charge in [-0.15, -0.1) is 6.58 Å². The molecule has 3 rings (SSSR count). The molecule has 0 aliphatic heterocycles. The molecule has 0 saturated carbocycles. The lowest BCUT2D eigenvalue weighted by Gasteiger charge is -2.17. The van der Waals surface area contributed by atoms with E-state index < -0.39 is 0 Å². The van der Waals surface area contributed by atoms with Crippen LogP contribution >= 0.6 is 0 Å². The van der Waals surface area contributed by atoms with Crippen molar-refractivity contribution in [3.8, 4) is 11.5 Å². The van der Waals surface area contributed by atoms with Crippen LogP contribution < -0.4 is 14.8 Å². The summed E-state index contributed by atoms with van der Waals surface area (Å²) >= 11 is 0. The molecular formula is C25H26FNO2. The first-order valence-corrected chi connectivity index (χ1v) is 9.58. The van der Waals surface area contributed by atoms with Crippen molar-refractivity contribution in [3.05, 3.63) is 101 Å². The summed E-state index contributed by atoms with van der Waals surface area (Å²) in [5, 5.41) is 3.47. The van der Waals surface area contributed by atoms with Crippen LogP contribution in [0, 0.1) is 12.7 Å². The van der Waals surface area contributed by atoms with Crippen LogP contribution in [0.25, 0.3) is 0 Å². The van der Waals surface area contributed by atoms with Crippen molar-refractivity contribution < 1.29 is 13.9 Å². The second-order valence-corrected chi connectivity index (χ2v) is 6.87. The number of hydrogen-bond acceptors (Lipinski definition) is 3. The van der Waals surface area contributed by atoms with E-state index in [-0.39, 0.29) is 12.4 Å². The SMILES string of the molecule is C=CCc1cc(CNc2ccccc2C)cc(OC)c1OCc1cccc(F)c1. The van der Waals surface area contributed by atoms with Crippen molar-refractivity contribution in [1.29, 1.82) is 0 Å². The molecule has 29 heavy (non-hydrogen) atoms. The Labute approximate surface area is 171 Å². The molecule has 0 aromatic heterocycles. The van der Waals surface area contributed by atoms with Gasteiger partial charge in [-0.2, -0.15) is 0 Å². The highest BCUT2D eigenvalue weighted by Gasteiger charge is 2.13. The fraction of sp³-hybridized carbons (Fsp3) is 0.200. The number of halogens is 1. The quantitative estimate of drug-likeness (QED) is 0.450. The van der Waals surface area contributed by atoms with Crippen molar-refractivity contribution in [1.82, 2.24) is 0 Å². The van der Waals surface area contributed by atoms with E-state index in [4.69, 9.17) is 9.47 Å². The van der Waals surface area contributed by atoms with Crippen molar-refractivity contribution in [2.75, 3.05) is 12.4 Å². The van der Waals surface area contributed by atoms with Gasteiger partial charge in [0.05, 0.1) is 7.11 Å². The van der Waals surface area contributed by atoms with E-state index in [1.165, 1.54) is 17.7 Å². The minimum absolute atomic E-state index is 0.263. The maximum absolute atomic E-state index is 13.4. The molecule has 0 fully saturated rings. The van der Waals surface area contributed by atoms with Gasteiger partial charge in [0, 0.05) is 17.8 Å². The molecule has 0 unspecified atom stereocenters. The van der Waals surface area contributed by atoms with Gasteiger partial charge in [0.25, 0.3) is 0 Å². The highest BCUT2D eigenvalue weighted by atomic mass is 19.1. The number of rotatable bonds is 9. The largest absolute Gasteiger partial charge is 0.493 e. The Kier molecular flexibility index (Phi) is 6.90. The van der Waals surface area contributed by atoms with Gasteiger partial charge in [-0.25, -0.2) is 4.39 Å². The number of methoxy groups -OCH3 is 1. The van der Waals surface area contributed by atoms with E-state index in [1.54, 1.807) is 13.2 Å². The van der Waals surface area contributed by atoms with Crippen LogP contribution in [-0.2, 0) is 19.6 Å². The molecule has 0 saturated heterocycles. The van der Waals surface area contributed by atoms with Crippen LogP contribution in [0.3, 0.4) is 0 Å². The standard InChI is InChI=1S/C25H26FNO2/c1-4-8-21-13-20(16-27-23-12-6-5-9-18(23)2)15-24(28-3)25(21)29-17-19-10-7-11-22(26)14-19/h4-7,9-15,27H,1,8,16-17H2,2-3H3. The zero-order valence-electron chi connectivity index (χ0n) is 16.9. The summed E-state index contributed by atoms with van der Waals surface area (Å²) in [5.74, 6) is 1.04. The normalized spacial score (nSPS) is 10.4. The third-order valence-electron chi connectivity index (χ3n) is 4.68. The van der Waals surface area contributed by atoms with E-state index in [9.17, 15) is 4.39 Å². The Morgan fingerprint density at radius 2 is 1.86 bits per heavy atom. The summed E-state index contributed by atoms with van der Waals surface area (Å²) in [6.45, 7) is 6.86. The number of anilines is 1. The lowest BCUT2D eigenvalue weighted by atomic mass is 10.0. The molecule has 0 spiro atoms. The number of nitrogens with one attached hydrogen (secondary N) is 1. The fourth-order valence-corrected chi connectivity index (χ4v) is 3.20. The summed E-state index contributed by atoms with van der Waals surface area (Å²) in [4.78, 5) is 0. The lowest BCUT2D eigenvalue weighted by molar-refractivity contribution is 0.281. The maximum Gasteiger partial charge on any atom is 0.165 e. The van der Waals surface area contributed by atoms with Gasteiger partial charge in [0.2, 0.25) is 0 Å². The van der Waals surface area contributed by atoms with Crippen LogP contribution in [0.15, 0.2) is 73.3 Å². The van der Waals surface area contributed by atoms with Gasteiger partial charge in [-0.3, -0.25) is 0 Å². The first-order valence-electron chi connectivity index (χ1n) is 9.58. The summed E-state index contributed by atoms with van der Waals surface area (Å²) in [7, 11) is 1.63. The number of allylic oxidation sites excluding steroid dienone is 1. The molecule has 0 bridgehead atoms. The second kappa shape index (κ2) is 9.78. The maximum atomic E-state index is 13.4. The first kappa shape index (κ1) is 20.5. The van der Waals surface area contributed by atoms with Crippen LogP contribution in [0.1, 0.15) is 22.3 Å². The summed E-state index contributed by atoms with van der Waals surface area (Å²) < 4.78 is 25.1. The molecule has 1 N–H and O–H groups in total. The molecule has 0 amide bonds. The zero-order valence-corrected chi connectivity index (χ0v) is 16.9. The molecule has 3 nitrogen and oxygen atoms in total. The molecule has 3 aromatic rings. The molecular weight excluding hydrogens is 365 g/mol. The Bertz CT molecular complexity index is 984. The monoisotopic (exact) mass is 391 g/mol. The van der Waals surface area contributed by atoms with Gasteiger partial charge in [-0.1, -0.05) is 36.4 Å². The average molecular weight is 391 g/mol. The van der Waals surface area contributed by atoms with Crippen LogP contribution in [0.4, 0.5) is 10.1 Å². The number of para-hydroxylation sites is 1. The second-order valence-electron chi connectivity index (χ2n) is 6.87. The van der Waals surface area contributed by atoms with E-state index in [0.29, 0.717) is 24.5 Å². The van der Waals surface area contributed by atoms with E-state index >= 15 is 0 Å². The van der Waals surface area contributed by atoms with Crippen LogP contribution in [0.2, 0.25) is 0 Å². The third-order valence-corrected chi connectivity index (χ3v) is 4.68. The molecule has 0 aliphatic carbocycles. The summed E-state index contributed by atoms with van der Waals surface area (Å²) in [6, 6.07) is 18.7. The van der Waals surface area contributed by atoms with Gasteiger partial charge < -0.3 is 14.8 Å². The molecule has 3 aromatic carbocycles. The smallest absolute Gasteiger partial charge is 0.165 e. The van der Waals surface area contributed by atoms with Gasteiger partial charge >= 0.3 is 0 Å². The van der Waals surface area contributed by atoms with Crippen LogP contribution in [0.5, 0.6) is 11.5 Å². The van der Waals surface area contributed by atoms with Crippen molar-refractivity contribution in [2.24, 2.45) is 0 Å². The molecule has 0 heterocycles. The predicted molar refractivity (Wildman–Crippen MR) is 116 cm³/mol. The van der Waals surface area contributed by atoms with Crippen molar-refractivity contribution >= 4 is 5.69 Å². The Balaban J connectivity index is 1.82. The highest BCUT2D eigenvalue weighted by molar-refractivity contribution is 5.53. The summed E-state index contributed by atoms with van der Waals surface area (Å²) in [6.07, 6.45) is 2.48. The Morgan fingerprint density at radius 1 is 1.03 bits per heavy atom. The van der Waals surface area contributed by atoms with Gasteiger partial charge in [0.1, 0.15) is 12.4 Å². The Morgan fingerprint density at radius 3 is 2.59 bits per heavy atom. The molecule has 150 valence electrons. The first-order chi connectivity index (χ1) is 14.1. The third kappa shape index (κ3) is 5.38. The fourth-order valence-electron chi connectivity index (χ4n) is 3.20. The van der Waals surface area contributed by atoms with Gasteiger partial charge in [0.15, 0.2) is 11.5 Å². The van der Waals surface area contributed by atoms with Crippen LogP contribution in [-0.4, -0.2) is 7.11 Å². The predicted octanol–water partition coefficient (Wildman–Crippen LogP) is 6.06. The number of aryl methyl sites for hydroxylation is 1. The van der Waals surface area contributed by atoms with Crippen molar-refractivity contribution in [3.63, 3.8) is 0 Å². The topological polar surface area (TPSA) is 30.5 Å². The molecule has 0 atom stereocenters. The van der Waals surface area contributed by atoms with Crippen molar-refractivity contribution in [2.45, 2.75) is 26.5 Å². The lowest BCUT2D eigenvalue weighted by Crippen LogP contribution is -2.05. The van der Waals surface area contributed by atoms with E-state index in [0.717, 1.165) is 22.4 Å². The molecule has 0 radical (unpaired) electrons. The summed E-state index contributed by atoms with van der Waals surface area (Å²) in [5.41, 5.74) is 5.13. The highest BCUT2D eigenvalue weighted by Crippen LogP contribution is 2.34. The number of benzene rings is 3. The number of ether oxygens (including phenoxy) is 2. The van der Waals surface area contributed by atoms with E-state index in [2.05, 4.69) is 37.0 Å². The zero-order chi connectivity index (χ0) is 20.6. The molecule has 0 aliphatic rings. The number of hydrogen-bond donors (Lipinski definition) is 1.